The normalized spacial score (nSPS) is 14.2. The molecule has 1 aliphatic heterocycles. The Kier molecular flexibility index (Phi) is 6.08. The first-order valence-electron chi connectivity index (χ1n) is 10.7. The fraction of sp³-hybridized carbons (Fsp3) is 0.259. The summed E-state index contributed by atoms with van der Waals surface area (Å²) >= 11 is 0. The third-order valence-electron chi connectivity index (χ3n) is 5.65. The van der Waals surface area contributed by atoms with Crippen LogP contribution in [0.25, 0.3) is 11.1 Å². The van der Waals surface area contributed by atoms with E-state index in [9.17, 15) is 0 Å². The van der Waals surface area contributed by atoms with E-state index < -0.39 is 5.60 Å². The largest absolute Gasteiger partial charge is 0.465 e. The second-order valence-electron chi connectivity index (χ2n) is 8.53. The molecule has 6 heteroatoms. The maximum Gasteiger partial charge on any atom is 0.279 e. The van der Waals surface area contributed by atoms with Crippen molar-refractivity contribution in [2.24, 2.45) is 5.73 Å². The van der Waals surface area contributed by atoms with Crippen LogP contribution in [0.5, 0.6) is 11.6 Å². The van der Waals surface area contributed by atoms with Gasteiger partial charge in [0.2, 0.25) is 5.88 Å². The first kappa shape index (κ1) is 22.4. The van der Waals surface area contributed by atoms with E-state index in [1.807, 2.05) is 38.2 Å². The number of aromatic nitrogens is 1. The van der Waals surface area contributed by atoms with Gasteiger partial charge < -0.3 is 19.9 Å². The average Bonchev–Trinajstić information content (AvgIpc) is 2.80. The van der Waals surface area contributed by atoms with Crippen LogP contribution in [0.4, 0.5) is 0 Å². The molecule has 0 aliphatic carbocycles. The number of pyridine rings is 1. The smallest absolute Gasteiger partial charge is 0.279 e. The number of fused-ring (bicyclic) bond motifs is 2. The zero-order valence-electron chi connectivity index (χ0n) is 19.2. The van der Waals surface area contributed by atoms with E-state index in [1.165, 1.54) is 5.56 Å². The second kappa shape index (κ2) is 8.97. The minimum atomic E-state index is -0.553. The van der Waals surface area contributed by atoms with Crippen LogP contribution < -0.4 is 10.5 Å². The molecule has 0 radical (unpaired) electrons. The van der Waals surface area contributed by atoms with Gasteiger partial charge in [0.25, 0.3) is 6.02 Å². The van der Waals surface area contributed by atoms with Gasteiger partial charge in [-0.1, -0.05) is 41.7 Å². The van der Waals surface area contributed by atoms with Crippen LogP contribution in [0, 0.1) is 24.2 Å². The Balaban J connectivity index is 1.77. The molecule has 1 atom stereocenters. The van der Waals surface area contributed by atoms with Crippen molar-refractivity contribution in [3.05, 3.63) is 77.0 Å². The molecule has 3 aromatic rings. The number of benzene rings is 2. The lowest BCUT2D eigenvalue weighted by molar-refractivity contribution is 0.0742. The summed E-state index contributed by atoms with van der Waals surface area (Å²) in [5.74, 6) is 7.31. The van der Waals surface area contributed by atoms with Gasteiger partial charge in [0.05, 0.1) is 5.92 Å². The number of ether oxygens (including phenoxy) is 3. The van der Waals surface area contributed by atoms with Gasteiger partial charge in [-0.3, -0.25) is 5.41 Å². The highest BCUT2D eigenvalue weighted by atomic mass is 16.5. The minimum Gasteiger partial charge on any atom is -0.465 e. The lowest BCUT2D eigenvalue weighted by Gasteiger charge is -2.28. The van der Waals surface area contributed by atoms with Gasteiger partial charge >= 0.3 is 0 Å². The molecule has 168 valence electrons. The first-order chi connectivity index (χ1) is 15.8. The molecular weight excluding hydrogens is 414 g/mol. The van der Waals surface area contributed by atoms with Crippen LogP contribution >= 0.6 is 0 Å². The van der Waals surface area contributed by atoms with Crippen LogP contribution in [0.15, 0.2) is 54.7 Å². The maximum absolute atomic E-state index is 7.55. The molecule has 0 fully saturated rings. The number of rotatable bonds is 4. The molecule has 3 N–H and O–H groups in total. The number of amidine groups is 1. The molecule has 0 spiro atoms. The van der Waals surface area contributed by atoms with E-state index in [0.29, 0.717) is 11.6 Å². The molecule has 0 saturated heterocycles. The Morgan fingerprint density at radius 3 is 2.58 bits per heavy atom. The molecule has 4 rings (SSSR count). The van der Waals surface area contributed by atoms with Crippen LogP contribution in [-0.4, -0.2) is 30.3 Å². The van der Waals surface area contributed by atoms with Gasteiger partial charge in [0.1, 0.15) is 18.0 Å². The fourth-order valence-electron chi connectivity index (χ4n) is 3.60. The quantitative estimate of drug-likeness (QED) is 0.338. The van der Waals surface area contributed by atoms with Crippen molar-refractivity contribution in [2.75, 3.05) is 13.7 Å². The van der Waals surface area contributed by atoms with Crippen LogP contribution in [0.1, 0.15) is 42.0 Å². The van der Waals surface area contributed by atoms with Crippen molar-refractivity contribution in [1.82, 2.24) is 4.98 Å². The van der Waals surface area contributed by atoms with E-state index in [2.05, 4.69) is 54.1 Å². The number of nitrogens with one attached hydrogen (secondary N) is 1. The predicted octanol–water partition coefficient (Wildman–Crippen LogP) is 4.98. The van der Waals surface area contributed by atoms with Crippen LogP contribution in [0.2, 0.25) is 0 Å². The Bertz CT molecular complexity index is 1250. The summed E-state index contributed by atoms with van der Waals surface area (Å²) in [5.41, 5.74) is 10.8. The highest BCUT2D eigenvalue weighted by Gasteiger charge is 2.30. The predicted molar refractivity (Wildman–Crippen MR) is 129 cm³/mol. The molecule has 1 aromatic heterocycles. The summed E-state index contributed by atoms with van der Waals surface area (Å²) in [6, 6.07) is 15.8. The monoisotopic (exact) mass is 441 g/mol. The van der Waals surface area contributed by atoms with Crippen molar-refractivity contribution in [2.45, 2.75) is 32.3 Å². The van der Waals surface area contributed by atoms with Crippen LogP contribution in [0.3, 0.4) is 0 Å². The molecule has 1 aliphatic rings. The standard InChI is InChI=1S/C27H27N3O3/c1-17-5-8-19(9-6-17)20-14-22-23(16-32-26(28)29)21-13-18(11-12-27(2,3)31-4)7-10-24(21)33-25(22)30-15-20/h5-10,13-15,23H,16H2,1-4H3,(H3,28,29). The average molecular weight is 442 g/mol. The van der Waals surface area contributed by atoms with Crippen LogP contribution in [-0.2, 0) is 9.47 Å². The molecular formula is C27H27N3O3. The number of hydrogen-bond donors (Lipinski definition) is 2. The SMILES string of the molecule is COC(C)(C)C#Cc1ccc2c(c1)C(COC(=N)N)c1cc(-c3ccc(C)cc3)cnc1O2. The minimum absolute atomic E-state index is 0.193. The third-order valence-corrected chi connectivity index (χ3v) is 5.65. The van der Waals surface area contributed by atoms with Crippen molar-refractivity contribution < 1.29 is 14.2 Å². The molecule has 0 saturated carbocycles. The van der Waals surface area contributed by atoms with Gasteiger partial charge in [-0.25, -0.2) is 4.98 Å². The van der Waals surface area contributed by atoms with E-state index in [0.717, 1.165) is 27.8 Å². The van der Waals surface area contributed by atoms with E-state index in [4.69, 9.17) is 25.4 Å². The highest BCUT2D eigenvalue weighted by Crippen LogP contribution is 2.44. The van der Waals surface area contributed by atoms with E-state index in [1.54, 1.807) is 7.11 Å². The number of nitrogens with zero attached hydrogens (tertiary/aromatic N) is 1. The zero-order valence-corrected chi connectivity index (χ0v) is 19.2. The molecule has 33 heavy (non-hydrogen) atoms. The number of nitrogens with two attached hydrogens (primary N) is 1. The van der Waals surface area contributed by atoms with Crippen molar-refractivity contribution in [3.8, 4) is 34.6 Å². The summed E-state index contributed by atoms with van der Waals surface area (Å²) in [6.45, 7) is 6.08. The van der Waals surface area contributed by atoms with E-state index >= 15 is 0 Å². The summed E-state index contributed by atoms with van der Waals surface area (Å²) in [7, 11) is 1.64. The zero-order chi connectivity index (χ0) is 23.6. The Labute approximate surface area is 194 Å². The fourth-order valence-corrected chi connectivity index (χ4v) is 3.60. The highest BCUT2D eigenvalue weighted by molar-refractivity contribution is 5.69. The first-order valence-corrected chi connectivity index (χ1v) is 10.7. The molecule has 6 nitrogen and oxygen atoms in total. The molecule has 2 heterocycles. The summed E-state index contributed by atoms with van der Waals surface area (Å²) in [6.07, 6.45) is 1.81. The maximum atomic E-state index is 7.55. The number of methoxy groups -OCH3 is 1. The van der Waals surface area contributed by atoms with E-state index in [-0.39, 0.29) is 18.5 Å². The van der Waals surface area contributed by atoms with Gasteiger partial charge in [-0.2, -0.15) is 0 Å². The van der Waals surface area contributed by atoms with Gasteiger partial charge in [-0.05, 0) is 50.6 Å². The topological polar surface area (TPSA) is 90.5 Å². The van der Waals surface area contributed by atoms with Crippen molar-refractivity contribution in [3.63, 3.8) is 0 Å². The van der Waals surface area contributed by atoms with Crippen molar-refractivity contribution >= 4 is 6.02 Å². The Morgan fingerprint density at radius 2 is 1.88 bits per heavy atom. The lowest BCUT2D eigenvalue weighted by Crippen LogP contribution is -2.22. The molecule has 2 aromatic carbocycles. The summed E-state index contributed by atoms with van der Waals surface area (Å²) in [4.78, 5) is 4.59. The van der Waals surface area contributed by atoms with Gasteiger partial charge in [0.15, 0.2) is 0 Å². The molecule has 1 unspecified atom stereocenters. The second-order valence-corrected chi connectivity index (χ2v) is 8.53. The summed E-state index contributed by atoms with van der Waals surface area (Å²) in [5, 5.41) is 7.55. The Hall–Kier alpha value is -3.82. The number of aryl methyl sites for hydroxylation is 1. The van der Waals surface area contributed by atoms with Gasteiger partial charge in [0, 0.05) is 35.6 Å². The molecule has 0 amide bonds. The lowest BCUT2D eigenvalue weighted by atomic mass is 9.87. The van der Waals surface area contributed by atoms with Gasteiger partial charge in [-0.15, -0.1) is 0 Å². The third kappa shape index (κ3) is 5.00. The van der Waals surface area contributed by atoms with Crippen molar-refractivity contribution in [1.29, 1.82) is 5.41 Å². The Morgan fingerprint density at radius 1 is 1.12 bits per heavy atom. The number of hydrogen-bond acceptors (Lipinski definition) is 5. The summed E-state index contributed by atoms with van der Waals surface area (Å²) < 4.78 is 17.0. The molecule has 0 bridgehead atoms.